The minimum Gasteiger partial charge on any atom is -0.334 e. The Hall–Kier alpha value is -1.40. The van der Waals surface area contributed by atoms with Crippen LogP contribution in [-0.4, -0.2) is 62.6 Å². The Morgan fingerprint density at radius 3 is 2.22 bits per heavy atom. The second kappa shape index (κ2) is 6.24. The lowest BCUT2D eigenvalue weighted by molar-refractivity contribution is 0.0664. The van der Waals surface area contributed by atoms with Gasteiger partial charge in [0.1, 0.15) is 0 Å². The van der Waals surface area contributed by atoms with Gasteiger partial charge in [0, 0.05) is 30.4 Å². The first-order valence-electron chi connectivity index (χ1n) is 8.19. The van der Waals surface area contributed by atoms with Gasteiger partial charge in [-0.05, 0) is 63.5 Å². The van der Waals surface area contributed by atoms with E-state index in [1.807, 2.05) is 4.90 Å². The maximum absolute atomic E-state index is 12.8. The summed E-state index contributed by atoms with van der Waals surface area (Å²) < 4.78 is 23.1. The topological polar surface area (TPSA) is 57.7 Å². The van der Waals surface area contributed by atoms with Crippen LogP contribution in [0, 0.1) is 0 Å². The first-order valence-corrected chi connectivity index (χ1v) is 10.1. The number of nitrogens with zero attached hydrogens (tertiary/aromatic N) is 2. The van der Waals surface area contributed by atoms with E-state index in [9.17, 15) is 13.2 Å². The number of hydrogen-bond acceptors (Lipinski definition) is 4. The first-order chi connectivity index (χ1) is 10.9. The van der Waals surface area contributed by atoms with Crippen molar-refractivity contribution in [1.29, 1.82) is 0 Å². The fraction of sp³-hybridized carbons (Fsp3) is 0.588. The molecular weight excluding hydrogens is 312 g/mol. The zero-order valence-electron chi connectivity index (χ0n) is 13.7. The number of benzene rings is 1. The van der Waals surface area contributed by atoms with E-state index in [2.05, 4.69) is 11.9 Å². The number of rotatable bonds is 3. The smallest absolute Gasteiger partial charge is 0.254 e. The highest BCUT2D eigenvalue weighted by atomic mass is 32.2. The summed E-state index contributed by atoms with van der Waals surface area (Å²) in [5.41, 5.74) is 0.574. The second-order valence-corrected chi connectivity index (χ2v) is 8.71. The molecule has 0 N–H and O–H groups in total. The number of carbonyl (C=O) groups excluding carboxylic acids is 1. The summed E-state index contributed by atoms with van der Waals surface area (Å²) in [7, 11) is -1.09. The molecule has 6 heteroatoms. The normalized spacial score (nSPS) is 25.9. The van der Waals surface area contributed by atoms with E-state index in [1.165, 1.54) is 24.8 Å². The molecule has 0 saturated carbocycles. The quantitative estimate of drug-likeness (QED) is 0.844. The van der Waals surface area contributed by atoms with Crippen LogP contribution in [0.4, 0.5) is 0 Å². The third-order valence-corrected chi connectivity index (χ3v) is 6.24. The second-order valence-electron chi connectivity index (χ2n) is 6.69. The number of hydrogen-bond donors (Lipinski definition) is 0. The molecule has 2 aliphatic rings. The van der Waals surface area contributed by atoms with Gasteiger partial charge in [0.2, 0.25) is 0 Å². The molecule has 0 aliphatic carbocycles. The van der Waals surface area contributed by atoms with Crippen molar-refractivity contribution in [2.75, 3.05) is 26.4 Å². The number of likely N-dealkylation sites (tertiary alicyclic amines) is 2. The van der Waals surface area contributed by atoms with E-state index in [0.717, 1.165) is 32.4 Å². The highest BCUT2D eigenvalue weighted by molar-refractivity contribution is 7.90. The van der Waals surface area contributed by atoms with E-state index < -0.39 is 9.84 Å². The summed E-state index contributed by atoms with van der Waals surface area (Å²) in [6.07, 6.45) is 5.63. The van der Waals surface area contributed by atoms with Crippen LogP contribution in [0.1, 0.15) is 36.0 Å². The minimum atomic E-state index is -3.23. The highest BCUT2D eigenvalue weighted by Crippen LogP contribution is 2.30. The third kappa shape index (κ3) is 3.28. The Labute approximate surface area is 138 Å². The van der Waals surface area contributed by atoms with Crippen LogP contribution >= 0.6 is 0 Å². The maximum Gasteiger partial charge on any atom is 0.254 e. The number of carbonyl (C=O) groups is 1. The van der Waals surface area contributed by atoms with Crippen LogP contribution in [0.5, 0.6) is 0 Å². The van der Waals surface area contributed by atoms with Crippen LogP contribution in [0.25, 0.3) is 0 Å². The molecule has 1 aromatic rings. The lowest BCUT2D eigenvalue weighted by Gasteiger charge is -2.33. The molecule has 2 heterocycles. The van der Waals surface area contributed by atoms with E-state index in [1.54, 1.807) is 12.1 Å². The van der Waals surface area contributed by atoms with Gasteiger partial charge in [0.15, 0.2) is 9.84 Å². The minimum absolute atomic E-state index is 0.0212. The fourth-order valence-electron chi connectivity index (χ4n) is 3.88. The molecule has 23 heavy (non-hydrogen) atoms. The maximum atomic E-state index is 12.8. The molecule has 126 valence electrons. The lowest BCUT2D eigenvalue weighted by atomic mass is 10.0. The number of likely N-dealkylation sites (N-methyl/N-ethyl adjacent to an activating group) is 1. The Morgan fingerprint density at radius 2 is 1.65 bits per heavy atom. The molecular formula is C17H24N2O3S. The highest BCUT2D eigenvalue weighted by Gasteiger charge is 2.38. The van der Waals surface area contributed by atoms with Gasteiger partial charge in [-0.15, -0.1) is 0 Å². The van der Waals surface area contributed by atoms with E-state index >= 15 is 0 Å². The zero-order chi connectivity index (χ0) is 16.6. The molecule has 2 saturated heterocycles. The monoisotopic (exact) mass is 336 g/mol. The molecule has 2 fully saturated rings. The standard InChI is InChI=1S/C17H24N2O3S/c1-18-11-3-5-15(18)16-6-4-12-19(16)17(20)13-7-9-14(10-8-13)23(2,21)22/h7-10,15-16H,3-6,11-12H2,1-2H3/t15-,16-/m0/s1. The summed E-state index contributed by atoms with van der Waals surface area (Å²) >= 11 is 0. The molecule has 0 bridgehead atoms. The van der Waals surface area contributed by atoms with Crippen molar-refractivity contribution in [1.82, 2.24) is 9.80 Å². The van der Waals surface area contributed by atoms with Crippen molar-refractivity contribution < 1.29 is 13.2 Å². The number of amides is 1. The van der Waals surface area contributed by atoms with Crippen molar-refractivity contribution in [3.05, 3.63) is 29.8 Å². The Bertz CT molecular complexity index is 684. The van der Waals surface area contributed by atoms with Crippen LogP contribution in [0.3, 0.4) is 0 Å². The first kappa shape index (κ1) is 16.5. The summed E-state index contributed by atoms with van der Waals surface area (Å²) in [5, 5.41) is 0. The van der Waals surface area contributed by atoms with Gasteiger partial charge in [0.25, 0.3) is 5.91 Å². The van der Waals surface area contributed by atoms with Crippen molar-refractivity contribution in [2.24, 2.45) is 0 Å². The van der Waals surface area contributed by atoms with E-state index in [4.69, 9.17) is 0 Å². The molecule has 0 radical (unpaired) electrons. The van der Waals surface area contributed by atoms with Gasteiger partial charge < -0.3 is 9.80 Å². The molecule has 5 nitrogen and oxygen atoms in total. The number of sulfone groups is 1. The van der Waals surface area contributed by atoms with Gasteiger partial charge in [-0.1, -0.05) is 0 Å². The molecule has 2 atom stereocenters. The SMILES string of the molecule is CN1CCC[C@H]1[C@@H]1CCCN1C(=O)c1ccc(S(C)(=O)=O)cc1. The van der Waals surface area contributed by atoms with Crippen molar-refractivity contribution in [3.8, 4) is 0 Å². The van der Waals surface area contributed by atoms with Gasteiger partial charge in [0.05, 0.1) is 4.90 Å². The predicted octanol–water partition coefficient (Wildman–Crippen LogP) is 1.79. The molecule has 0 spiro atoms. The van der Waals surface area contributed by atoms with Crippen LogP contribution in [0.15, 0.2) is 29.2 Å². The van der Waals surface area contributed by atoms with E-state index in [0.29, 0.717) is 11.6 Å². The molecule has 2 aliphatic heterocycles. The summed E-state index contributed by atoms with van der Waals surface area (Å²) in [5.74, 6) is 0.0212. The van der Waals surface area contributed by atoms with Gasteiger partial charge >= 0.3 is 0 Å². The fourth-order valence-corrected chi connectivity index (χ4v) is 4.51. The summed E-state index contributed by atoms with van der Waals surface area (Å²) in [6.45, 7) is 1.90. The molecule has 0 aromatic heterocycles. The van der Waals surface area contributed by atoms with Crippen LogP contribution < -0.4 is 0 Å². The van der Waals surface area contributed by atoms with Crippen molar-refractivity contribution >= 4 is 15.7 Å². The van der Waals surface area contributed by atoms with Crippen LogP contribution in [-0.2, 0) is 9.84 Å². The largest absolute Gasteiger partial charge is 0.334 e. The van der Waals surface area contributed by atoms with Crippen molar-refractivity contribution in [2.45, 2.75) is 42.7 Å². The summed E-state index contributed by atoms with van der Waals surface area (Å²) in [4.78, 5) is 17.4. The van der Waals surface area contributed by atoms with Gasteiger partial charge in [-0.2, -0.15) is 0 Å². The molecule has 1 aromatic carbocycles. The third-order valence-electron chi connectivity index (χ3n) is 5.11. The van der Waals surface area contributed by atoms with Gasteiger partial charge in [-0.3, -0.25) is 4.79 Å². The van der Waals surface area contributed by atoms with Crippen molar-refractivity contribution in [3.63, 3.8) is 0 Å². The van der Waals surface area contributed by atoms with Gasteiger partial charge in [-0.25, -0.2) is 8.42 Å². The van der Waals surface area contributed by atoms with E-state index in [-0.39, 0.29) is 16.8 Å². The average molecular weight is 336 g/mol. The predicted molar refractivity (Wildman–Crippen MR) is 89.3 cm³/mol. The Balaban J connectivity index is 1.79. The molecule has 1 amide bonds. The molecule has 3 rings (SSSR count). The van der Waals surface area contributed by atoms with Crippen LogP contribution in [0.2, 0.25) is 0 Å². The molecule has 0 unspecified atom stereocenters. The Morgan fingerprint density at radius 1 is 1.04 bits per heavy atom. The lowest BCUT2D eigenvalue weighted by Crippen LogP contribution is -2.47. The summed E-state index contributed by atoms with van der Waals surface area (Å²) in [6, 6.07) is 7.05. The zero-order valence-corrected chi connectivity index (χ0v) is 14.6. The Kier molecular flexibility index (Phi) is 4.47. The average Bonchev–Trinajstić information content (AvgIpc) is 3.14.